The molecule has 0 aliphatic carbocycles. The summed E-state index contributed by atoms with van der Waals surface area (Å²) in [6, 6.07) is 3.14. The molecular formula is C10H8O4. The standard InChI is InChI=1S/C10H8O4/c1-3-9(11)14-10(12)7(2)8-5-4-6-13-8/h3-6H,1-2H2. The van der Waals surface area contributed by atoms with Gasteiger partial charge in [0, 0.05) is 6.08 Å². The molecular weight excluding hydrogens is 184 g/mol. The third-order valence-electron chi connectivity index (χ3n) is 1.42. The number of ether oxygens (including phenoxy) is 1. The molecule has 0 aromatic carbocycles. The normalized spacial score (nSPS) is 9.14. The summed E-state index contributed by atoms with van der Waals surface area (Å²) < 4.78 is 9.22. The van der Waals surface area contributed by atoms with Crippen molar-refractivity contribution in [1.82, 2.24) is 0 Å². The molecule has 0 bridgehead atoms. The number of carbonyl (C=O) groups excluding carboxylic acids is 2. The molecule has 0 fully saturated rings. The number of carbonyl (C=O) groups is 2. The summed E-state index contributed by atoms with van der Waals surface area (Å²) in [4.78, 5) is 21.8. The lowest BCUT2D eigenvalue weighted by Gasteiger charge is -1.99. The summed E-state index contributed by atoms with van der Waals surface area (Å²) in [6.45, 7) is 6.59. The van der Waals surface area contributed by atoms with Crippen LogP contribution in [0, 0.1) is 0 Å². The lowest BCUT2D eigenvalue weighted by Crippen LogP contribution is -2.10. The highest BCUT2D eigenvalue weighted by molar-refractivity contribution is 6.18. The first-order valence-electron chi connectivity index (χ1n) is 3.76. The van der Waals surface area contributed by atoms with Crippen LogP contribution >= 0.6 is 0 Å². The van der Waals surface area contributed by atoms with Crippen LogP contribution in [0.4, 0.5) is 0 Å². The smallest absolute Gasteiger partial charge is 0.349 e. The van der Waals surface area contributed by atoms with E-state index in [2.05, 4.69) is 17.9 Å². The van der Waals surface area contributed by atoms with E-state index < -0.39 is 11.9 Å². The Morgan fingerprint density at radius 3 is 2.71 bits per heavy atom. The fourth-order valence-corrected chi connectivity index (χ4v) is 0.745. The second kappa shape index (κ2) is 4.23. The maximum Gasteiger partial charge on any atom is 0.349 e. The first-order chi connectivity index (χ1) is 6.65. The monoisotopic (exact) mass is 192 g/mol. The van der Waals surface area contributed by atoms with Crippen molar-refractivity contribution in [2.24, 2.45) is 0 Å². The van der Waals surface area contributed by atoms with Gasteiger partial charge in [0.05, 0.1) is 11.8 Å². The third-order valence-corrected chi connectivity index (χ3v) is 1.42. The highest BCUT2D eigenvalue weighted by Gasteiger charge is 2.15. The number of hydrogen-bond acceptors (Lipinski definition) is 4. The van der Waals surface area contributed by atoms with Crippen LogP contribution in [0.25, 0.3) is 5.57 Å². The van der Waals surface area contributed by atoms with Crippen LogP contribution in [0.1, 0.15) is 5.76 Å². The van der Waals surface area contributed by atoms with E-state index >= 15 is 0 Å². The average molecular weight is 192 g/mol. The van der Waals surface area contributed by atoms with Gasteiger partial charge in [-0.05, 0) is 12.1 Å². The molecule has 14 heavy (non-hydrogen) atoms. The molecule has 0 aliphatic heterocycles. The van der Waals surface area contributed by atoms with Gasteiger partial charge in [-0.1, -0.05) is 13.2 Å². The molecule has 0 N–H and O–H groups in total. The summed E-state index contributed by atoms with van der Waals surface area (Å²) in [5, 5.41) is 0. The molecule has 0 saturated heterocycles. The van der Waals surface area contributed by atoms with Crippen molar-refractivity contribution in [3.8, 4) is 0 Å². The van der Waals surface area contributed by atoms with Crippen molar-refractivity contribution >= 4 is 17.5 Å². The minimum Gasteiger partial charge on any atom is -0.464 e. The molecule has 1 aromatic heterocycles. The van der Waals surface area contributed by atoms with E-state index in [-0.39, 0.29) is 11.3 Å². The Hall–Kier alpha value is -2.10. The van der Waals surface area contributed by atoms with Crippen LogP contribution in [0.5, 0.6) is 0 Å². The molecule has 0 radical (unpaired) electrons. The van der Waals surface area contributed by atoms with Gasteiger partial charge in [-0.2, -0.15) is 0 Å². The molecule has 0 amide bonds. The predicted molar refractivity (Wildman–Crippen MR) is 49.0 cm³/mol. The molecule has 0 unspecified atom stereocenters. The predicted octanol–water partition coefficient (Wildman–Crippen LogP) is 1.55. The summed E-state index contributed by atoms with van der Waals surface area (Å²) in [5.41, 5.74) is -0.00907. The SMILES string of the molecule is C=CC(=O)OC(=O)C(=C)c1ccco1. The molecule has 0 saturated carbocycles. The van der Waals surface area contributed by atoms with E-state index in [4.69, 9.17) is 4.42 Å². The van der Waals surface area contributed by atoms with Crippen LogP contribution in [0.15, 0.2) is 42.0 Å². The molecule has 72 valence electrons. The largest absolute Gasteiger partial charge is 0.464 e. The summed E-state index contributed by atoms with van der Waals surface area (Å²) in [7, 11) is 0. The van der Waals surface area contributed by atoms with Gasteiger partial charge in [-0.25, -0.2) is 9.59 Å². The van der Waals surface area contributed by atoms with Crippen molar-refractivity contribution in [3.05, 3.63) is 43.4 Å². The average Bonchev–Trinajstić information content (AvgIpc) is 2.69. The number of rotatable bonds is 3. The van der Waals surface area contributed by atoms with Crippen molar-refractivity contribution in [3.63, 3.8) is 0 Å². The van der Waals surface area contributed by atoms with Gasteiger partial charge in [0.15, 0.2) is 0 Å². The molecule has 0 atom stereocenters. The van der Waals surface area contributed by atoms with Gasteiger partial charge in [-0.3, -0.25) is 0 Å². The number of hydrogen-bond donors (Lipinski definition) is 0. The van der Waals surface area contributed by atoms with E-state index in [9.17, 15) is 9.59 Å². The fraction of sp³-hybridized carbons (Fsp3) is 0. The maximum atomic E-state index is 11.2. The quantitative estimate of drug-likeness (QED) is 0.414. The van der Waals surface area contributed by atoms with Crippen LogP contribution in [0.2, 0.25) is 0 Å². The molecule has 1 rings (SSSR count). The second-order valence-electron chi connectivity index (χ2n) is 2.37. The highest BCUT2D eigenvalue weighted by atomic mass is 16.6. The Kier molecular flexibility index (Phi) is 3.01. The zero-order valence-corrected chi connectivity index (χ0v) is 7.36. The van der Waals surface area contributed by atoms with Crippen LogP contribution < -0.4 is 0 Å². The molecule has 0 spiro atoms. The van der Waals surface area contributed by atoms with Crippen LogP contribution in [-0.2, 0) is 14.3 Å². The summed E-state index contributed by atoms with van der Waals surface area (Å²) >= 11 is 0. The van der Waals surface area contributed by atoms with E-state index in [1.807, 2.05) is 0 Å². The first-order valence-corrected chi connectivity index (χ1v) is 3.76. The van der Waals surface area contributed by atoms with Crippen LogP contribution in [-0.4, -0.2) is 11.9 Å². The van der Waals surface area contributed by atoms with Crippen molar-refractivity contribution in [2.45, 2.75) is 0 Å². The van der Waals surface area contributed by atoms with Gasteiger partial charge in [0.25, 0.3) is 0 Å². The Morgan fingerprint density at radius 2 is 2.21 bits per heavy atom. The van der Waals surface area contributed by atoms with Crippen molar-refractivity contribution < 1.29 is 18.7 Å². The Labute approximate surface area is 80.5 Å². The van der Waals surface area contributed by atoms with Crippen LogP contribution in [0.3, 0.4) is 0 Å². The summed E-state index contributed by atoms with van der Waals surface area (Å²) in [5.74, 6) is -1.39. The Balaban J connectivity index is 2.67. The van der Waals surface area contributed by atoms with Gasteiger partial charge < -0.3 is 9.15 Å². The van der Waals surface area contributed by atoms with E-state index in [0.29, 0.717) is 0 Å². The minimum atomic E-state index is -0.843. The minimum absolute atomic E-state index is 0.00907. The lowest BCUT2D eigenvalue weighted by molar-refractivity contribution is -0.151. The summed E-state index contributed by atoms with van der Waals surface area (Å²) in [6.07, 6.45) is 2.29. The molecule has 1 aromatic rings. The third kappa shape index (κ3) is 2.20. The topological polar surface area (TPSA) is 56.5 Å². The van der Waals surface area contributed by atoms with Gasteiger partial charge in [0.1, 0.15) is 5.76 Å². The zero-order chi connectivity index (χ0) is 10.6. The van der Waals surface area contributed by atoms with E-state index in [1.165, 1.54) is 6.26 Å². The second-order valence-corrected chi connectivity index (χ2v) is 2.37. The molecule has 1 heterocycles. The van der Waals surface area contributed by atoms with Gasteiger partial charge in [-0.15, -0.1) is 0 Å². The molecule has 0 aliphatic rings. The van der Waals surface area contributed by atoms with E-state index in [0.717, 1.165) is 6.08 Å². The Morgan fingerprint density at radius 1 is 1.50 bits per heavy atom. The number of esters is 2. The first kappa shape index (κ1) is 9.98. The Bertz CT molecular complexity index is 373. The van der Waals surface area contributed by atoms with E-state index in [1.54, 1.807) is 12.1 Å². The lowest BCUT2D eigenvalue weighted by atomic mass is 10.2. The molecule has 4 heteroatoms. The van der Waals surface area contributed by atoms with Gasteiger partial charge in [0.2, 0.25) is 0 Å². The van der Waals surface area contributed by atoms with Gasteiger partial charge >= 0.3 is 11.9 Å². The highest BCUT2D eigenvalue weighted by Crippen LogP contribution is 2.13. The van der Waals surface area contributed by atoms with Crippen molar-refractivity contribution in [2.75, 3.05) is 0 Å². The molecule has 4 nitrogen and oxygen atoms in total. The fourth-order valence-electron chi connectivity index (χ4n) is 0.745. The van der Waals surface area contributed by atoms with Crippen molar-refractivity contribution in [1.29, 1.82) is 0 Å². The number of furan rings is 1. The maximum absolute atomic E-state index is 11.2. The zero-order valence-electron chi connectivity index (χ0n) is 7.36.